The molecule has 0 atom stereocenters. The summed E-state index contributed by atoms with van der Waals surface area (Å²) < 4.78 is 0. The van der Waals surface area contributed by atoms with Gasteiger partial charge in [0, 0.05) is 28.6 Å². The maximum Gasteiger partial charge on any atom is 0.221 e. The number of carbonyl (C=O) groups is 2. The van der Waals surface area contributed by atoms with E-state index in [0.717, 1.165) is 21.5 Å². The molecule has 0 spiro atoms. The molecule has 1 amide bonds. The van der Waals surface area contributed by atoms with E-state index < -0.39 is 0 Å². The maximum atomic E-state index is 12.9. The number of anilines is 1. The van der Waals surface area contributed by atoms with E-state index in [-0.39, 0.29) is 11.7 Å². The van der Waals surface area contributed by atoms with Gasteiger partial charge in [-0.3, -0.25) is 9.59 Å². The van der Waals surface area contributed by atoms with Crippen LogP contribution < -0.4 is 5.32 Å². The second-order valence-electron chi connectivity index (χ2n) is 5.58. The van der Waals surface area contributed by atoms with E-state index in [0.29, 0.717) is 21.2 Å². The largest absolute Gasteiger partial charge is 0.324 e. The standard InChI is InChI=1S/C18H15ClN2O2S/c1-9-8-10(2)20-18-14(9)15(21-11(3)22)17(24-18)16(23)12-4-6-13(19)7-5-12/h4-8H,1-3H3,(H,21,22). The van der Waals surface area contributed by atoms with Crippen molar-refractivity contribution in [3.63, 3.8) is 0 Å². The van der Waals surface area contributed by atoms with Crippen molar-refractivity contribution in [3.05, 3.63) is 57.1 Å². The Morgan fingerprint density at radius 2 is 1.83 bits per heavy atom. The zero-order chi connectivity index (χ0) is 17.4. The molecule has 0 saturated carbocycles. The van der Waals surface area contributed by atoms with Gasteiger partial charge in [-0.2, -0.15) is 0 Å². The lowest BCUT2D eigenvalue weighted by molar-refractivity contribution is -0.114. The normalized spacial score (nSPS) is 10.8. The summed E-state index contributed by atoms with van der Waals surface area (Å²) in [5, 5.41) is 4.19. The number of amides is 1. The first kappa shape index (κ1) is 16.6. The number of hydrogen-bond acceptors (Lipinski definition) is 4. The highest BCUT2D eigenvalue weighted by Crippen LogP contribution is 2.38. The maximum absolute atomic E-state index is 12.9. The van der Waals surface area contributed by atoms with Gasteiger partial charge in [0.15, 0.2) is 0 Å². The molecule has 1 N–H and O–H groups in total. The summed E-state index contributed by atoms with van der Waals surface area (Å²) in [6, 6.07) is 8.65. The smallest absolute Gasteiger partial charge is 0.221 e. The van der Waals surface area contributed by atoms with Crippen LogP contribution in [0.4, 0.5) is 5.69 Å². The van der Waals surface area contributed by atoms with Gasteiger partial charge < -0.3 is 5.32 Å². The van der Waals surface area contributed by atoms with Crippen LogP contribution in [0.15, 0.2) is 30.3 Å². The van der Waals surface area contributed by atoms with E-state index in [1.165, 1.54) is 18.3 Å². The average Bonchev–Trinajstić information content (AvgIpc) is 2.85. The Morgan fingerprint density at radius 3 is 2.46 bits per heavy atom. The van der Waals surface area contributed by atoms with E-state index in [9.17, 15) is 9.59 Å². The van der Waals surface area contributed by atoms with E-state index in [1.807, 2.05) is 19.9 Å². The van der Waals surface area contributed by atoms with Crippen molar-refractivity contribution in [1.29, 1.82) is 0 Å². The van der Waals surface area contributed by atoms with Gasteiger partial charge in [0.2, 0.25) is 11.7 Å². The third-order valence-electron chi connectivity index (χ3n) is 3.60. The number of ketones is 1. The summed E-state index contributed by atoms with van der Waals surface area (Å²) in [6.45, 7) is 5.29. The van der Waals surface area contributed by atoms with Crippen molar-refractivity contribution in [2.75, 3.05) is 5.32 Å². The van der Waals surface area contributed by atoms with Crippen LogP contribution in [0.1, 0.15) is 33.4 Å². The van der Waals surface area contributed by atoms with E-state index >= 15 is 0 Å². The molecule has 0 unspecified atom stereocenters. The number of halogens is 1. The first-order chi connectivity index (χ1) is 11.4. The molecule has 0 radical (unpaired) electrons. The molecule has 24 heavy (non-hydrogen) atoms. The fraction of sp³-hybridized carbons (Fsp3) is 0.167. The van der Waals surface area contributed by atoms with E-state index in [2.05, 4.69) is 10.3 Å². The highest BCUT2D eigenvalue weighted by molar-refractivity contribution is 7.21. The molecule has 0 fully saturated rings. The van der Waals surface area contributed by atoms with Gasteiger partial charge in [-0.25, -0.2) is 4.98 Å². The molecule has 0 aliphatic rings. The molecule has 0 aliphatic heterocycles. The number of carbonyl (C=O) groups excluding carboxylic acids is 2. The SMILES string of the molecule is CC(=O)Nc1c(C(=O)c2ccc(Cl)cc2)sc2nc(C)cc(C)c12. The number of fused-ring (bicyclic) bond motifs is 1. The van der Waals surface area contributed by atoms with Crippen LogP contribution in [0.25, 0.3) is 10.2 Å². The summed E-state index contributed by atoms with van der Waals surface area (Å²) in [4.78, 5) is 30.3. The van der Waals surface area contributed by atoms with Crippen molar-refractivity contribution in [1.82, 2.24) is 4.98 Å². The molecule has 122 valence electrons. The number of nitrogens with zero attached hydrogens (tertiary/aromatic N) is 1. The van der Waals surface area contributed by atoms with E-state index in [1.54, 1.807) is 24.3 Å². The van der Waals surface area contributed by atoms with Gasteiger partial charge in [0.1, 0.15) is 9.71 Å². The summed E-state index contributed by atoms with van der Waals surface area (Å²) in [5.74, 6) is -0.379. The van der Waals surface area contributed by atoms with Crippen LogP contribution in [-0.2, 0) is 4.79 Å². The Balaban J connectivity index is 2.22. The van der Waals surface area contributed by atoms with Gasteiger partial charge in [-0.05, 0) is 49.7 Å². The molecular formula is C18H15ClN2O2S. The zero-order valence-corrected chi connectivity index (χ0v) is 15.0. The quantitative estimate of drug-likeness (QED) is 0.687. The van der Waals surface area contributed by atoms with Crippen LogP contribution in [0.3, 0.4) is 0 Å². The molecule has 0 bridgehead atoms. The van der Waals surface area contributed by atoms with Crippen LogP contribution in [0.5, 0.6) is 0 Å². The number of benzene rings is 1. The third-order valence-corrected chi connectivity index (χ3v) is 4.94. The topological polar surface area (TPSA) is 59.1 Å². The average molecular weight is 359 g/mol. The van der Waals surface area contributed by atoms with Crippen LogP contribution in [0, 0.1) is 13.8 Å². The Hall–Kier alpha value is -2.24. The molecule has 1 aromatic carbocycles. The van der Waals surface area contributed by atoms with Crippen molar-refractivity contribution in [2.45, 2.75) is 20.8 Å². The third kappa shape index (κ3) is 3.05. The highest BCUT2D eigenvalue weighted by Gasteiger charge is 2.22. The highest BCUT2D eigenvalue weighted by atomic mass is 35.5. The monoisotopic (exact) mass is 358 g/mol. The molecule has 6 heteroatoms. The number of thiophene rings is 1. The predicted molar refractivity (Wildman–Crippen MR) is 98.3 cm³/mol. The Morgan fingerprint density at radius 1 is 1.17 bits per heavy atom. The van der Waals surface area contributed by atoms with Gasteiger partial charge >= 0.3 is 0 Å². The van der Waals surface area contributed by atoms with Gasteiger partial charge in [0.05, 0.1) is 5.69 Å². The van der Waals surface area contributed by atoms with Crippen molar-refractivity contribution in [3.8, 4) is 0 Å². The zero-order valence-electron chi connectivity index (χ0n) is 13.4. The minimum Gasteiger partial charge on any atom is -0.324 e. The Kier molecular flexibility index (Phi) is 4.39. The molecule has 4 nitrogen and oxygen atoms in total. The lowest BCUT2D eigenvalue weighted by Crippen LogP contribution is -2.10. The number of nitrogens with one attached hydrogen (secondary N) is 1. The predicted octanol–water partition coefficient (Wildman–Crippen LogP) is 4.76. The number of pyridine rings is 1. The summed E-state index contributed by atoms with van der Waals surface area (Å²) >= 11 is 7.18. The molecule has 0 aliphatic carbocycles. The molecule has 3 aromatic rings. The molecule has 2 aromatic heterocycles. The van der Waals surface area contributed by atoms with E-state index in [4.69, 9.17) is 11.6 Å². The second-order valence-corrected chi connectivity index (χ2v) is 7.02. The molecule has 0 saturated heterocycles. The number of aryl methyl sites for hydroxylation is 2. The van der Waals surface area contributed by atoms with Crippen LogP contribution in [-0.4, -0.2) is 16.7 Å². The fourth-order valence-corrected chi connectivity index (χ4v) is 3.97. The minimum atomic E-state index is -0.222. The molecule has 3 rings (SSSR count). The lowest BCUT2D eigenvalue weighted by atomic mass is 10.1. The summed E-state index contributed by atoms with van der Waals surface area (Å²) in [7, 11) is 0. The minimum absolute atomic E-state index is 0.157. The van der Waals surface area contributed by atoms with Crippen LogP contribution >= 0.6 is 22.9 Å². The Labute approximate surface area is 148 Å². The summed E-state index contributed by atoms with van der Waals surface area (Å²) in [5.41, 5.74) is 2.91. The first-order valence-electron chi connectivity index (χ1n) is 7.35. The van der Waals surface area contributed by atoms with Gasteiger partial charge in [-0.1, -0.05) is 11.6 Å². The van der Waals surface area contributed by atoms with Crippen molar-refractivity contribution < 1.29 is 9.59 Å². The molecule has 2 heterocycles. The van der Waals surface area contributed by atoms with Crippen LogP contribution in [0.2, 0.25) is 5.02 Å². The number of aromatic nitrogens is 1. The number of rotatable bonds is 3. The van der Waals surface area contributed by atoms with Crippen molar-refractivity contribution >= 4 is 50.5 Å². The summed E-state index contributed by atoms with van der Waals surface area (Å²) in [6.07, 6.45) is 0. The fourth-order valence-electron chi connectivity index (χ4n) is 2.63. The molecular weight excluding hydrogens is 344 g/mol. The second kappa shape index (κ2) is 6.34. The van der Waals surface area contributed by atoms with Gasteiger partial charge in [0.25, 0.3) is 0 Å². The van der Waals surface area contributed by atoms with Gasteiger partial charge in [-0.15, -0.1) is 11.3 Å². The van der Waals surface area contributed by atoms with Crippen molar-refractivity contribution in [2.24, 2.45) is 0 Å². The first-order valence-corrected chi connectivity index (χ1v) is 8.55. The lowest BCUT2D eigenvalue weighted by Gasteiger charge is -2.06. The Bertz CT molecular complexity index is 961. The number of hydrogen-bond donors (Lipinski definition) is 1.